The van der Waals surface area contributed by atoms with E-state index in [4.69, 9.17) is 4.74 Å². The second-order valence-electron chi connectivity index (χ2n) is 7.22. The van der Waals surface area contributed by atoms with Crippen molar-refractivity contribution >= 4 is 29.3 Å². The smallest absolute Gasteiger partial charge is 0.256 e. The van der Waals surface area contributed by atoms with E-state index >= 15 is 0 Å². The molecule has 160 valence electrons. The summed E-state index contributed by atoms with van der Waals surface area (Å²) >= 11 is 1.36. The zero-order valence-electron chi connectivity index (χ0n) is 17.9. The number of methoxy groups -OCH3 is 1. The molecule has 2 amide bonds. The van der Waals surface area contributed by atoms with Gasteiger partial charge in [0, 0.05) is 36.7 Å². The van der Waals surface area contributed by atoms with Crippen molar-refractivity contribution in [3.63, 3.8) is 0 Å². The number of ether oxygens (including phenoxy) is 1. The van der Waals surface area contributed by atoms with Crippen molar-refractivity contribution in [2.75, 3.05) is 32.3 Å². The van der Waals surface area contributed by atoms with Crippen LogP contribution in [0, 0.1) is 0 Å². The Balaban J connectivity index is 1.78. The van der Waals surface area contributed by atoms with Gasteiger partial charge in [-0.2, -0.15) is 0 Å². The highest BCUT2D eigenvalue weighted by atomic mass is 32.2. The van der Waals surface area contributed by atoms with Crippen molar-refractivity contribution in [2.24, 2.45) is 0 Å². The van der Waals surface area contributed by atoms with Gasteiger partial charge in [0.2, 0.25) is 5.91 Å². The number of hydrogen-bond donors (Lipinski definition) is 1. The molecule has 0 bridgehead atoms. The van der Waals surface area contributed by atoms with E-state index in [1.807, 2.05) is 54.6 Å². The van der Waals surface area contributed by atoms with Gasteiger partial charge in [-0.1, -0.05) is 42.5 Å². The number of anilines is 1. The summed E-state index contributed by atoms with van der Waals surface area (Å²) in [6.45, 7) is 0. The molecule has 0 aliphatic carbocycles. The molecule has 0 atom stereocenters. The van der Waals surface area contributed by atoms with Crippen LogP contribution in [-0.4, -0.2) is 43.7 Å². The summed E-state index contributed by atoms with van der Waals surface area (Å²) in [5.41, 5.74) is 3.39. The van der Waals surface area contributed by atoms with Crippen molar-refractivity contribution in [3.8, 4) is 5.75 Å². The van der Waals surface area contributed by atoms with Gasteiger partial charge >= 0.3 is 0 Å². The van der Waals surface area contributed by atoms with E-state index in [1.165, 1.54) is 11.8 Å². The van der Waals surface area contributed by atoms with Crippen LogP contribution in [0.15, 0.2) is 77.7 Å². The van der Waals surface area contributed by atoms with Gasteiger partial charge < -0.3 is 15.0 Å². The second kappa shape index (κ2) is 10.7. The molecule has 0 saturated heterocycles. The van der Waals surface area contributed by atoms with Gasteiger partial charge in [-0.3, -0.25) is 9.59 Å². The van der Waals surface area contributed by atoms with E-state index < -0.39 is 0 Å². The molecule has 3 aromatic rings. The number of amides is 2. The zero-order chi connectivity index (χ0) is 22.2. The van der Waals surface area contributed by atoms with E-state index in [2.05, 4.69) is 17.4 Å². The molecule has 3 rings (SSSR count). The van der Waals surface area contributed by atoms with Crippen molar-refractivity contribution in [1.82, 2.24) is 4.90 Å². The number of benzene rings is 3. The fourth-order valence-corrected chi connectivity index (χ4v) is 4.09. The van der Waals surface area contributed by atoms with Crippen LogP contribution in [0.25, 0.3) is 0 Å². The number of nitrogens with one attached hydrogen (secondary N) is 1. The monoisotopic (exact) mass is 434 g/mol. The molecule has 0 spiro atoms. The molecule has 0 saturated carbocycles. The summed E-state index contributed by atoms with van der Waals surface area (Å²) in [5, 5.41) is 2.98. The number of carbonyl (C=O) groups excluding carboxylic acids is 2. The predicted octanol–water partition coefficient (Wildman–Crippen LogP) is 4.72. The summed E-state index contributed by atoms with van der Waals surface area (Å²) in [5.74, 6) is 0.846. The molecule has 0 heterocycles. The van der Waals surface area contributed by atoms with Gasteiger partial charge in [0.05, 0.1) is 18.4 Å². The summed E-state index contributed by atoms with van der Waals surface area (Å²) in [6, 6.07) is 23.1. The Morgan fingerprint density at radius 1 is 0.968 bits per heavy atom. The predicted molar refractivity (Wildman–Crippen MR) is 126 cm³/mol. The van der Waals surface area contributed by atoms with Gasteiger partial charge in [-0.25, -0.2) is 0 Å². The third kappa shape index (κ3) is 6.12. The van der Waals surface area contributed by atoms with Gasteiger partial charge in [-0.05, 0) is 35.9 Å². The van der Waals surface area contributed by atoms with Crippen LogP contribution < -0.4 is 10.1 Å². The minimum Gasteiger partial charge on any atom is -0.496 e. The fourth-order valence-electron chi connectivity index (χ4n) is 3.06. The van der Waals surface area contributed by atoms with Gasteiger partial charge in [0.25, 0.3) is 5.91 Å². The molecule has 0 aliphatic heterocycles. The first-order valence-corrected chi connectivity index (χ1v) is 10.9. The number of hydrogen-bond acceptors (Lipinski definition) is 4. The third-order valence-electron chi connectivity index (χ3n) is 4.76. The van der Waals surface area contributed by atoms with Crippen LogP contribution in [-0.2, 0) is 11.2 Å². The summed E-state index contributed by atoms with van der Waals surface area (Å²) in [7, 11) is 5.08. The van der Waals surface area contributed by atoms with Crippen molar-refractivity contribution < 1.29 is 14.3 Å². The fraction of sp³-hybridized carbons (Fsp3) is 0.200. The van der Waals surface area contributed by atoms with E-state index in [9.17, 15) is 9.59 Å². The molecule has 5 nitrogen and oxygen atoms in total. The Morgan fingerprint density at radius 2 is 1.68 bits per heavy atom. The molecule has 0 radical (unpaired) electrons. The molecule has 0 aliphatic rings. The quantitative estimate of drug-likeness (QED) is 0.521. The van der Waals surface area contributed by atoms with Gasteiger partial charge in [-0.15, -0.1) is 11.8 Å². The number of carbonyl (C=O) groups is 2. The lowest BCUT2D eigenvalue weighted by molar-refractivity contribution is -0.125. The second-order valence-corrected chi connectivity index (χ2v) is 8.23. The number of rotatable bonds is 8. The Labute approximate surface area is 187 Å². The van der Waals surface area contributed by atoms with Crippen molar-refractivity contribution in [2.45, 2.75) is 11.3 Å². The molecule has 0 fully saturated rings. The standard InChI is InChI=1S/C25H26N2O3S/c1-27(2)24(28)17-31-23-12-8-7-11-21(23)25(29)26-20-13-14-22(30-3)19(16-20)15-18-9-5-4-6-10-18/h4-14,16H,15,17H2,1-3H3,(H,26,29). The summed E-state index contributed by atoms with van der Waals surface area (Å²) < 4.78 is 5.50. The van der Waals surface area contributed by atoms with Gasteiger partial charge in [0.15, 0.2) is 0 Å². The Hall–Kier alpha value is -3.25. The van der Waals surface area contributed by atoms with E-state index in [0.717, 1.165) is 21.8 Å². The Bertz CT molecular complexity index is 1050. The van der Waals surface area contributed by atoms with Gasteiger partial charge in [0.1, 0.15) is 5.75 Å². The molecular formula is C25H26N2O3S. The maximum Gasteiger partial charge on any atom is 0.256 e. The lowest BCUT2D eigenvalue weighted by Crippen LogP contribution is -2.23. The zero-order valence-corrected chi connectivity index (χ0v) is 18.7. The highest BCUT2D eigenvalue weighted by Crippen LogP contribution is 2.27. The lowest BCUT2D eigenvalue weighted by atomic mass is 10.0. The summed E-state index contributed by atoms with van der Waals surface area (Å²) in [4.78, 5) is 27.2. The molecule has 1 N–H and O–H groups in total. The SMILES string of the molecule is COc1ccc(NC(=O)c2ccccc2SCC(=O)N(C)C)cc1Cc1ccccc1. The molecule has 6 heteroatoms. The van der Waals surface area contributed by atoms with Crippen LogP contribution in [0.2, 0.25) is 0 Å². The number of thioether (sulfide) groups is 1. The Morgan fingerprint density at radius 3 is 2.39 bits per heavy atom. The topological polar surface area (TPSA) is 58.6 Å². The Kier molecular flexibility index (Phi) is 7.73. The summed E-state index contributed by atoms with van der Waals surface area (Å²) in [6.07, 6.45) is 0.701. The van der Waals surface area contributed by atoms with Crippen molar-refractivity contribution in [1.29, 1.82) is 0 Å². The van der Waals surface area contributed by atoms with Crippen LogP contribution in [0.1, 0.15) is 21.5 Å². The van der Waals surface area contributed by atoms with E-state index in [0.29, 0.717) is 17.7 Å². The first-order chi connectivity index (χ1) is 15.0. The molecule has 0 unspecified atom stereocenters. The van der Waals surface area contributed by atoms with Crippen LogP contribution in [0.4, 0.5) is 5.69 Å². The maximum absolute atomic E-state index is 13.0. The molecule has 31 heavy (non-hydrogen) atoms. The van der Waals surface area contributed by atoms with E-state index in [1.54, 1.807) is 32.2 Å². The first-order valence-electron chi connectivity index (χ1n) is 9.92. The average molecular weight is 435 g/mol. The maximum atomic E-state index is 13.0. The highest BCUT2D eigenvalue weighted by molar-refractivity contribution is 8.00. The first kappa shape index (κ1) is 22.4. The van der Waals surface area contributed by atoms with Crippen molar-refractivity contribution in [3.05, 3.63) is 89.5 Å². The molecule has 0 aromatic heterocycles. The third-order valence-corrected chi connectivity index (χ3v) is 5.82. The largest absolute Gasteiger partial charge is 0.496 e. The highest BCUT2D eigenvalue weighted by Gasteiger charge is 2.15. The van der Waals surface area contributed by atoms with Crippen LogP contribution in [0.3, 0.4) is 0 Å². The molecule has 3 aromatic carbocycles. The normalized spacial score (nSPS) is 10.4. The van der Waals surface area contributed by atoms with E-state index in [-0.39, 0.29) is 17.6 Å². The average Bonchev–Trinajstić information content (AvgIpc) is 2.78. The lowest BCUT2D eigenvalue weighted by Gasteiger charge is -2.14. The van der Waals surface area contributed by atoms with Crippen LogP contribution in [0.5, 0.6) is 5.75 Å². The minimum atomic E-state index is -0.212. The minimum absolute atomic E-state index is 0.000851. The molecular weight excluding hydrogens is 408 g/mol. The van der Waals surface area contributed by atoms with Crippen LogP contribution >= 0.6 is 11.8 Å². The number of nitrogens with zero attached hydrogens (tertiary/aromatic N) is 1.